The maximum atomic E-state index is 13.6. The quantitative estimate of drug-likeness (QED) is 0.916. The lowest BCUT2D eigenvalue weighted by Crippen LogP contribution is -2.41. The van der Waals surface area contributed by atoms with Gasteiger partial charge in [-0.3, -0.25) is 9.59 Å². The molecule has 1 aromatic rings. The van der Waals surface area contributed by atoms with E-state index in [0.29, 0.717) is 26.1 Å². The molecule has 1 atom stereocenters. The second-order valence-corrected chi connectivity index (χ2v) is 5.38. The van der Waals surface area contributed by atoms with Crippen LogP contribution in [0.5, 0.6) is 0 Å². The Kier molecular flexibility index (Phi) is 4.06. The number of carbonyl (C=O) groups excluding carboxylic acids is 2. The first-order valence-electron chi connectivity index (χ1n) is 6.80. The van der Waals surface area contributed by atoms with Gasteiger partial charge >= 0.3 is 0 Å². The predicted molar refractivity (Wildman–Crippen MR) is 73.7 cm³/mol. The number of rotatable bonds is 3. The van der Waals surface area contributed by atoms with Crippen LogP contribution in [0.1, 0.15) is 30.6 Å². The van der Waals surface area contributed by atoms with Gasteiger partial charge in [0, 0.05) is 19.6 Å². The smallest absolute Gasteiger partial charge is 0.256 e. The summed E-state index contributed by atoms with van der Waals surface area (Å²) in [6.45, 7) is 5.06. The van der Waals surface area contributed by atoms with Gasteiger partial charge in [-0.1, -0.05) is 12.1 Å². The molecule has 108 valence electrons. The number of hydrogen-bond donors (Lipinski definition) is 1. The lowest BCUT2D eigenvalue weighted by Gasteiger charge is -2.23. The van der Waals surface area contributed by atoms with Crippen molar-refractivity contribution in [2.24, 2.45) is 5.41 Å². The third-order valence-corrected chi connectivity index (χ3v) is 3.75. The normalized spacial score (nSPS) is 21.9. The Balaban J connectivity index is 2.12. The van der Waals surface area contributed by atoms with Gasteiger partial charge in [-0.25, -0.2) is 4.39 Å². The summed E-state index contributed by atoms with van der Waals surface area (Å²) >= 11 is 0. The largest absolute Gasteiger partial charge is 0.356 e. The molecule has 0 saturated carbocycles. The molecular weight excluding hydrogens is 259 g/mol. The predicted octanol–water partition coefficient (Wildman–Crippen LogP) is 1.81. The van der Waals surface area contributed by atoms with E-state index >= 15 is 0 Å². The van der Waals surface area contributed by atoms with Crippen LogP contribution >= 0.6 is 0 Å². The van der Waals surface area contributed by atoms with Gasteiger partial charge in [-0.2, -0.15) is 0 Å². The molecule has 2 amide bonds. The van der Waals surface area contributed by atoms with Crippen LogP contribution in [0, 0.1) is 11.2 Å². The van der Waals surface area contributed by atoms with Gasteiger partial charge < -0.3 is 10.2 Å². The average Bonchev–Trinajstić information content (AvgIpc) is 2.83. The second kappa shape index (κ2) is 5.61. The van der Waals surface area contributed by atoms with E-state index < -0.39 is 11.2 Å². The summed E-state index contributed by atoms with van der Waals surface area (Å²) in [4.78, 5) is 25.9. The van der Waals surface area contributed by atoms with E-state index in [1.165, 1.54) is 12.1 Å². The van der Waals surface area contributed by atoms with Crippen LogP contribution in [0.15, 0.2) is 24.3 Å². The van der Waals surface area contributed by atoms with Crippen LogP contribution in [-0.2, 0) is 4.79 Å². The number of carbonyl (C=O) groups is 2. The van der Waals surface area contributed by atoms with Gasteiger partial charge in [-0.15, -0.1) is 0 Å². The van der Waals surface area contributed by atoms with Crippen LogP contribution in [-0.4, -0.2) is 36.3 Å². The van der Waals surface area contributed by atoms with Gasteiger partial charge in [0.05, 0.1) is 11.0 Å². The fraction of sp³-hybridized carbons (Fsp3) is 0.467. The SMILES string of the molecule is CCNC(=O)C1(C)CCN(C(=O)c2ccccc2F)C1. The van der Waals surface area contributed by atoms with Crippen molar-refractivity contribution in [3.05, 3.63) is 35.6 Å². The highest BCUT2D eigenvalue weighted by molar-refractivity contribution is 5.95. The van der Waals surface area contributed by atoms with Gasteiger partial charge in [0.2, 0.25) is 5.91 Å². The summed E-state index contributed by atoms with van der Waals surface area (Å²) in [6.07, 6.45) is 0.596. The molecule has 0 radical (unpaired) electrons. The molecule has 1 fully saturated rings. The van der Waals surface area contributed by atoms with Crippen molar-refractivity contribution < 1.29 is 14.0 Å². The zero-order chi connectivity index (χ0) is 14.8. The molecule has 1 heterocycles. The number of nitrogens with one attached hydrogen (secondary N) is 1. The number of halogens is 1. The van der Waals surface area contributed by atoms with E-state index in [1.54, 1.807) is 17.0 Å². The summed E-state index contributed by atoms with van der Waals surface area (Å²) in [5.41, 5.74) is -0.524. The molecule has 1 aliphatic heterocycles. The second-order valence-electron chi connectivity index (χ2n) is 5.38. The van der Waals surface area contributed by atoms with Gasteiger partial charge in [0.25, 0.3) is 5.91 Å². The number of amides is 2. The highest BCUT2D eigenvalue weighted by atomic mass is 19.1. The molecule has 0 spiro atoms. The van der Waals surface area contributed by atoms with Crippen LogP contribution < -0.4 is 5.32 Å². The minimum Gasteiger partial charge on any atom is -0.356 e. The molecule has 1 N–H and O–H groups in total. The minimum absolute atomic E-state index is 0.0520. The summed E-state index contributed by atoms with van der Waals surface area (Å²) in [5.74, 6) is -0.927. The van der Waals surface area contributed by atoms with E-state index in [1.807, 2.05) is 13.8 Å². The molecule has 0 bridgehead atoms. The molecule has 5 heteroatoms. The maximum Gasteiger partial charge on any atom is 0.256 e. The molecule has 2 rings (SSSR count). The van der Waals surface area contributed by atoms with Crippen molar-refractivity contribution in [3.8, 4) is 0 Å². The van der Waals surface area contributed by atoms with Gasteiger partial charge in [0.1, 0.15) is 5.82 Å². The zero-order valence-electron chi connectivity index (χ0n) is 11.8. The van der Waals surface area contributed by atoms with Crippen molar-refractivity contribution in [2.45, 2.75) is 20.3 Å². The van der Waals surface area contributed by atoms with Crippen molar-refractivity contribution in [2.75, 3.05) is 19.6 Å². The molecule has 1 saturated heterocycles. The molecule has 20 heavy (non-hydrogen) atoms. The van der Waals surface area contributed by atoms with Gasteiger partial charge in [0.15, 0.2) is 0 Å². The van der Waals surface area contributed by atoms with Crippen molar-refractivity contribution in [3.63, 3.8) is 0 Å². The number of hydrogen-bond acceptors (Lipinski definition) is 2. The monoisotopic (exact) mass is 278 g/mol. The zero-order valence-corrected chi connectivity index (χ0v) is 11.8. The Labute approximate surface area is 118 Å². The van der Waals surface area contributed by atoms with Crippen LogP contribution in [0.4, 0.5) is 4.39 Å². The van der Waals surface area contributed by atoms with Crippen molar-refractivity contribution >= 4 is 11.8 Å². The van der Waals surface area contributed by atoms with E-state index in [9.17, 15) is 14.0 Å². The molecule has 1 aliphatic rings. The molecule has 4 nitrogen and oxygen atoms in total. The average molecular weight is 278 g/mol. The first-order valence-corrected chi connectivity index (χ1v) is 6.80. The Hall–Kier alpha value is -1.91. The van der Waals surface area contributed by atoms with Crippen molar-refractivity contribution in [1.82, 2.24) is 10.2 Å². The summed E-state index contributed by atoms with van der Waals surface area (Å²) in [6, 6.07) is 5.93. The third-order valence-electron chi connectivity index (χ3n) is 3.75. The van der Waals surface area contributed by atoms with E-state index in [-0.39, 0.29) is 17.4 Å². The number of nitrogens with zero attached hydrogens (tertiary/aromatic N) is 1. The Morgan fingerprint density at radius 2 is 2.10 bits per heavy atom. The summed E-state index contributed by atoms with van der Waals surface area (Å²) < 4.78 is 13.6. The maximum absolute atomic E-state index is 13.6. The summed E-state index contributed by atoms with van der Waals surface area (Å²) in [7, 11) is 0. The Morgan fingerprint density at radius 1 is 1.40 bits per heavy atom. The van der Waals surface area contributed by atoms with Gasteiger partial charge in [-0.05, 0) is 32.4 Å². The van der Waals surface area contributed by atoms with E-state index in [2.05, 4.69) is 5.32 Å². The highest BCUT2D eigenvalue weighted by Gasteiger charge is 2.42. The standard InChI is InChI=1S/C15H19FN2O2/c1-3-17-14(20)15(2)8-9-18(10-15)13(19)11-6-4-5-7-12(11)16/h4-7H,3,8-10H2,1-2H3,(H,17,20). The van der Waals surface area contributed by atoms with E-state index in [0.717, 1.165) is 0 Å². The van der Waals surface area contributed by atoms with Crippen LogP contribution in [0.25, 0.3) is 0 Å². The molecule has 1 unspecified atom stereocenters. The molecular formula is C15H19FN2O2. The Morgan fingerprint density at radius 3 is 2.75 bits per heavy atom. The molecule has 0 aliphatic carbocycles. The fourth-order valence-corrected chi connectivity index (χ4v) is 2.50. The topological polar surface area (TPSA) is 49.4 Å². The minimum atomic E-state index is -0.586. The molecule has 1 aromatic carbocycles. The van der Waals surface area contributed by atoms with Crippen molar-refractivity contribution in [1.29, 1.82) is 0 Å². The fourth-order valence-electron chi connectivity index (χ4n) is 2.50. The highest BCUT2D eigenvalue weighted by Crippen LogP contribution is 2.31. The lowest BCUT2D eigenvalue weighted by atomic mass is 9.89. The van der Waals surface area contributed by atoms with E-state index in [4.69, 9.17) is 0 Å². The van der Waals surface area contributed by atoms with Crippen LogP contribution in [0.3, 0.4) is 0 Å². The third kappa shape index (κ3) is 2.66. The van der Waals surface area contributed by atoms with Crippen LogP contribution in [0.2, 0.25) is 0 Å². The Bertz CT molecular complexity index is 532. The first kappa shape index (κ1) is 14.5. The molecule has 0 aromatic heterocycles. The lowest BCUT2D eigenvalue weighted by molar-refractivity contribution is -0.129. The number of benzene rings is 1. The first-order chi connectivity index (χ1) is 9.48. The summed E-state index contributed by atoms with van der Waals surface area (Å²) in [5, 5.41) is 2.79. The number of likely N-dealkylation sites (tertiary alicyclic amines) is 1.